The number of piperazine rings is 1. The maximum Gasteiger partial charge on any atom is 0.351 e. The number of para-hydroxylation sites is 1. The maximum atomic E-state index is 12.1. The highest BCUT2D eigenvalue weighted by molar-refractivity contribution is 5.92. The SMILES string of the molecule is CN1CCN(CCOC(=O)c2cc3ccccc3oc2=O)CC1. The highest BCUT2D eigenvalue weighted by Gasteiger charge is 2.17. The lowest BCUT2D eigenvalue weighted by Gasteiger charge is -2.31. The number of hydrogen-bond acceptors (Lipinski definition) is 6. The van der Waals surface area contributed by atoms with E-state index in [1.54, 1.807) is 18.2 Å². The summed E-state index contributed by atoms with van der Waals surface area (Å²) in [6.07, 6.45) is 0. The summed E-state index contributed by atoms with van der Waals surface area (Å²) >= 11 is 0. The van der Waals surface area contributed by atoms with Crippen LogP contribution in [-0.2, 0) is 4.74 Å². The van der Waals surface area contributed by atoms with Gasteiger partial charge in [0.05, 0.1) is 0 Å². The summed E-state index contributed by atoms with van der Waals surface area (Å²) in [6, 6.07) is 8.61. The standard InChI is InChI=1S/C17H20N2O4/c1-18-6-8-19(9-7-18)10-11-22-16(20)14-12-13-4-2-3-5-15(13)23-17(14)21/h2-5,12H,6-11H2,1H3. The van der Waals surface area contributed by atoms with Gasteiger partial charge in [-0.25, -0.2) is 9.59 Å². The Kier molecular flexibility index (Phi) is 4.73. The van der Waals surface area contributed by atoms with E-state index in [4.69, 9.17) is 9.15 Å². The molecule has 1 saturated heterocycles. The third-order valence-electron chi connectivity index (χ3n) is 4.10. The smallest absolute Gasteiger partial charge is 0.351 e. The van der Waals surface area contributed by atoms with Crippen LogP contribution in [0.15, 0.2) is 39.5 Å². The molecule has 0 atom stereocenters. The fourth-order valence-corrected chi connectivity index (χ4v) is 2.62. The van der Waals surface area contributed by atoms with Gasteiger partial charge in [0.25, 0.3) is 0 Å². The van der Waals surface area contributed by atoms with E-state index in [9.17, 15) is 9.59 Å². The molecule has 0 spiro atoms. The molecule has 0 bridgehead atoms. The van der Waals surface area contributed by atoms with Gasteiger partial charge in [-0.15, -0.1) is 0 Å². The average molecular weight is 316 g/mol. The van der Waals surface area contributed by atoms with Gasteiger partial charge in [-0.2, -0.15) is 0 Å². The van der Waals surface area contributed by atoms with E-state index in [2.05, 4.69) is 16.8 Å². The zero-order valence-electron chi connectivity index (χ0n) is 13.2. The van der Waals surface area contributed by atoms with Crippen molar-refractivity contribution < 1.29 is 13.9 Å². The van der Waals surface area contributed by atoms with Gasteiger partial charge in [0.2, 0.25) is 0 Å². The minimum atomic E-state index is -0.659. The lowest BCUT2D eigenvalue weighted by atomic mass is 10.2. The quantitative estimate of drug-likeness (QED) is 0.624. The molecule has 1 aromatic heterocycles. The fraction of sp³-hybridized carbons (Fsp3) is 0.412. The lowest BCUT2D eigenvalue weighted by molar-refractivity contribution is 0.0428. The van der Waals surface area contributed by atoms with Crippen molar-refractivity contribution in [2.75, 3.05) is 46.4 Å². The van der Waals surface area contributed by atoms with Gasteiger partial charge in [0.15, 0.2) is 0 Å². The molecule has 1 fully saturated rings. The number of nitrogens with zero attached hydrogens (tertiary/aromatic N) is 2. The molecule has 1 aliphatic rings. The maximum absolute atomic E-state index is 12.1. The van der Waals surface area contributed by atoms with E-state index in [1.165, 1.54) is 6.07 Å². The van der Waals surface area contributed by atoms with Gasteiger partial charge in [0.1, 0.15) is 17.8 Å². The normalized spacial score (nSPS) is 16.6. The van der Waals surface area contributed by atoms with Crippen molar-refractivity contribution in [1.82, 2.24) is 9.80 Å². The van der Waals surface area contributed by atoms with Crippen LogP contribution in [0.1, 0.15) is 10.4 Å². The summed E-state index contributed by atoms with van der Waals surface area (Å²) in [6.45, 7) is 4.91. The molecule has 0 amide bonds. The number of carbonyl (C=O) groups excluding carboxylic acids is 1. The summed E-state index contributed by atoms with van der Waals surface area (Å²) in [5.74, 6) is -0.626. The Labute approximate surface area is 134 Å². The summed E-state index contributed by atoms with van der Waals surface area (Å²) < 4.78 is 10.4. The van der Waals surface area contributed by atoms with E-state index in [0.29, 0.717) is 17.5 Å². The molecule has 1 aromatic carbocycles. The number of rotatable bonds is 4. The molecule has 122 valence electrons. The molecule has 6 nitrogen and oxygen atoms in total. The summed E-state index contributed by atoms with van der Waals surface area (Å²) in [5.41, 5.74) is -0.248. The highest BCUT2D eigenvalue weighted by Crippen LogP contribution is 2.13. The molecular weight excluding hydrogens is 296 g/mol. The summed E-state index contributed by atoms with van der Waals surface area (Å²) in [4.78, 5) is 28.5. The van der Waals surface area contributed by atoms with Crippen molar-refractivity contribution in [2.45, 2.75) is 0 Å². The highest BCUT2D eigenvalue weighted by atomic mass is 16.5. The molecule has 0 N–H and O–H groups in total. The number of hydrogen-bond donors (Lipinski definition) is 0. The van der Waals surface area contributed by atoms with Gasteiger partial charge in [0, 0.05) is 38.1 Å². The summed E-state index contributed by atoms with van der Waals surface area (Å²) in [5, 5.41) is 0.707. The van der Waals surface area contributed by atoms with E-state index < -0.39 is 11.6 Å². The number of fused-ring (bicyclic) bond motifs is 1. The van der Waals surface area contributed by atoms with E-state index in [1.807, 2.05) is 6.07 Å². The molecule has 6 heteroatoms. The number of likely N-dealkylation sites (N-methyl/N-ethyl adjacent to an activating group) is 1. The third kappa shape index (κ3) is 3.78. The van der Waals surface area contributed by atoms with Crippen molar-refractivity contribution in [3.05, 3.63) is 46.3 Å². The van der Waals surface area contributed by atoms with Gasteiger partial charge >= 0.3 is 11.6 Å². The molecular formula is C17H20N2O4. The second kappa shape index (κ2) is 6.93. The van der Waals surface area contributed by atoms with Crippen molar-refractivity contribution >= 4 is 16.9 Å². The van der Waals surface area contributed by atoms with Crippen LogP contribution in [0.5, 0.6) is 0 Å². The Hall–Kier alpha value is -2.18. The molecule has 0 unspecified atom stereocenters. The van der Waals surface area contributed by atoms with E-state index in [0.717, 1.165) is 26.2 Å². The van der Waals surface area contributed by atoms with Crippen LogP contribution >= 0.6 is 0 Å². The van der Waals surface area contributed by atoms with Crippen molar-refractivity contribution in [3.63, 3.8) is 0 Å². The average Bonchev–Trinajstić information content (AvgIpc) is 2.56. The number of carbonyl (C=O) groups is 1. The van der Waals surface area contributed by atoms with Crippen molar-refractivity contribution in [1.29, 1.82) is 0 Å². The first-order valence-electron chi connectivity index (χ1n) is 7.74. The van der Waals surface area contributed by atoms with E-state index >= 15 is 0 Å². The minimum Gasteiger partial charge on any atom is -0.461 e. The van der Waals surface area contributed by atoms with Crippen LogP contribution in [0.4, 0.5) is 0 Å². The van der Waals surface area contributed by atoms with Gasteiger partial charge in [-0.1, -0.05) is 18.2 Å². The zero-order valence-corrected chi connectivity index (χ0v) is 13.2. The van der Waals surface area contributed by atoms with E-state index in [-0.39, 0.29) is 12.2 Å². The number of ether oxygens (including phenoxy) is 1. The minimum absolute atomic E-state index is 0.0536. The predicted molar refractivity (Wildman–Crippen MR) is 86.7 cm³/mol. The topological polar surface area (TPSA) is 63.0 Å². The second-order valence-corrected chi connectivity index (χ2v) is 5.77. The zero-order chi connectivity index (χ0) is 16.2. The van der Waals surface area contributed by atoms with Crippen LogP contribution < -0.4 is 5.63 Å². The van der Waals surface area contributed by atoms with Gasteiger partial charge in [-0.05, 0) is 19.2 Å². The molecule has 2 aromatic rings. The molecule has 0 radical (unpaired) electrons. The Balaban J connectivity index is 1.60. The molecule has 2 heterocycles. The lowest BCUT2D eigenvalue weighted by Crippen LogP contribution is -2.45. The Morgan fingerprint density at radius 2 is 1.96 bits per heavy atom. The monoisotopic (exact) mass is 316 g/mol. The van der Waals surface area contributed by atoms with Crippen LogP contribution in [-0.4, -0.2) is 62.1 Å². The molecule has 0 aliphatic carbocycles. The molecule has 1 aliphatic heterocycles. The second-order valence-electron chi connectivity index (χ2n) is 5.77. The molecule has 3 rings (SSSR count). The predicted octanol–water partition coefficient (Wildman–Crippen LogP) is 1.20. The molecule has 23 heavy (non-hydrogen) atoms. The van der Waals surface area contributed by atoms with Crippen molar-refractivity contribution in [2.24, 2.45) is 0 Å². The summed E-state index contributed by atoms with van der Waals surface area (Å²) in [7, 11) is 2.09. The Morgan fingerprint density at radius 1 is 1.22 bits per heavy atom. The molecule has 0 saturated carbocycles. The van der Waals surface area contributed by atoms with Crippen molar-refractivity contribution in [3.8, 4) is 0 Å². The number of esters is 1. The van der Waals surface area contributed by atoms with Gasteiger partial charge in [-0.3, -0.25) is 4.90 Å². The largest absolute Gasteiger partial charge is 0.461 e. The first-order valence-corrected chi connectivity index (χ1v) is 7.74. The van der Waals surface area contributed by atoms with Crippen LogP contribution in [0.2, 0.25) is 0 Å². The Bertz CT molecular complexity index is 748. The fourth-order valence-electron chi connectivity index (χ4n) is 2.62. The van der Waals surface area contributed by atoms with Crippen LogP contribution in [0.25, 0.3) is 11.0 Å². The third-order valence-corrected chi connectivity index (χ3v) is 4.10. The van der Waals surface area contributed by atoms with Crippen LogP contribution in [0.3, 0.4) is 0 Å². The van der Waals surface area contributed by atoms with Gasteiger partial charge < -0.3 is 14.1 Å². The first kappa shape index (κ1) is 15.7. The van der Waals surface area contributed by atoms with Crippen LogP contribution in [0, 0.1) is 0 Å². The Morgan fingerprint density at radius 3 is 2.74 bits per heavy atom. The number of benzene rings is 1. The first-order chi connectivity index (χ1) is 11.1.